The molecule has 14 heavy (non-hydrogen) atoms. The number of allylic oxidation sites excluding steroid dienone is 3. The van der Waals surface area contributed by atoms with Gasteiger partial charge in [-0.05, 0) is 26.3 Å². The van der Waals surface area contributed by atoms with Gasteiger partial charge in [-0.2, -0.15) is 0 Å². The molecule has 0 aliphatic carbocycles. The van der Waals surface area contributed by atoms with Gasteiger partial charge in [-0.1, -0.05) is 37.1 Å². The normalized spacial score (nSPS) is 12.6. The van der Waals surface area contributed by atoms with Gasteiger partial charge in [0, 0.05) is 22.6 Å². The van der Waals surface area contributed by atoms with Crippen LogP contribution in [-0.2, 0) is 0 Å². The van der Waals surface area contributed by atoms with E-state index in [0.717, 1.165) is 10.6 Å². The fourth-order valence-electron chi connectivity index (χ4n) is 0.843. The predicted molar refractivity (Wildman–Crippen MR) is 68.1 cm³/mol. The molecule has 0 bridgehead atoms. The molecule has 0 saturated carbocycles. The van der Waals surface area contributed by atoms with Crippen molar-refractivity contribution in [2.24, 2.45) is 0 Å². The molecule has 0 aliphatic heterocycles. The first-order valence-electron chi connectivity index (χ1n) is 4.60. The van der Waals surface area contributed by atoms with E-state index in [0.29, 0.717) is 0 Å². The van der Waals surface area contributed by atoms with Crippen molar-refractivity contribution >= 4 is 11.8 Å². The zero-order valence-electron chi connectivity index (χ0n) is 9.48. The van der Waals surface area contributed by atoms with Crippen molar-refractivity contribution < 1.29 is 0 Å². The maximum Gasteiger partial charge on any atom is 0.0400 e. The van der Waals surface area contributed by atoms with Gasteiger partial charge in [0.1, 0.15) is 0 Å². The molecule has 1 N–H and O–H groups in total. The molecule has 0 amide bonds. The minimum Gasteiger partial charge on any atom is -0.388 e. The first-order chi connectivity index (χ1) is 6.56. The third-order valence-corrected chi connectivity index (χ3v) is 3.23. The maximum atomic E-state index is 3.96. The molecule has 0 aromatic rings. The van der Waals surface area contributed by atoms with Crippen LogP contribution in [0.3, 0.4) is 0 Å². The fourth-order valence-corrected chi connectivity index (χ4v) is 1.73. The van der Waals surface area contributed by atoms with Crippen LogP contribution in [0, 0.1) is 0 Å². The molecule has 0 saturated heterocycles. The van der Waals surface area contributed by atoms with Crippen molar-refractivity contribution in [1.29, 1.82) is 0 Å². The number of thioether (sulfide) groups is 1. The second kappa shape index (κ2) is 6.55. The lowest BCUT2D eigenvalue weighted by molar-refractivity contribution is 1.04. The first-order valence-corrected chi connectivity index (χ1v) is 5.41. The molecule has 0 rings (SSSR count). The van der Waals surface area contributed by atoms with Crippen LogP contribution in [-0.4, -0.2) is 7.05 Å². The second-order valence-corrected chi connectivity index (χ2v) is 4.02. The van der Waals surface area contributed by atoms with Gasteiger partial charge in [-0.25, -0.2) is 0 Å². The highest BCUT2D eigenvalue weighted by Gasteiger charge is 2.04. The van der Waals surface area contributed by atoms with Gasteiger partial charge in [-0.3, -0.25) is 0 Å². The van der Waals surface area contributed by atoms with E-state index >= 15 is 0 Å². The number of hydrogen-bond donors (Lipinski definition) is 1. The summed E-state index contributed by atoms with van der Waals surface area (Å²) in [7, 11) is 1.85. The van der Waals surface area contributed by atoms with Crippen molar-refractivity contribution in [1.82, 2.24) is 5.32 Å². The van der Waals surface area contributed by atoms with Crippen molar-refractivity contribution in [3.05, 3.63) is 46.4 Å². The molecule has 0 atom stereocenters. The quantitative estimate of drug-likeness (QED) is 0.690. The Balaban J connectivity index is 4.51. The lowest BCUT2D eigenvalue weighted by Gasteiger charge is -2.11. The number of hydrogen-bond acceptors (Lipinski definition) is 2. The van der Waals surface area contributed by atoms with E-state index in [1.165, 1.54) is 10.5 Å². The summed E-state index contributed by atoms with van der Waals surface area (Å²) in [5, 5.41) is 2.99. The Morgan fingerprint density at radius 3 is 2.14 bits per heavy atom. The van der Waals surface area contributed by atoms with E-state index in [1.807, 2.05) is 20.9 Å². The molecular formula is C12H19NS. The zero-order valence-corrected chi connectivity index (χ0v) is 10.3. The predicted octanol–water partition coefficient (Wildman–Crippen LogP) is 3.84. The van der Waals surface area contributed by atoms with Crippen molar-refractivity contribution in [3.8, 4) is 0 Å². The third-order valence-electron chi connectivity index (χ3n) is 1.96. The van der Waals surface area contributed by atoms with Crippen LogP contribution in [0.15, 0.2) is 46.4 Å². The molecule has 0 fully saturated rings. The summed E-state index contributed by atoms with van der Waals surface area (Å²) in [4.78, 5) is 2.19. The zero-order chi connectivity index (χ0) is 11.1. The summed E-state index contributed by atoms with van der Waals surface area (Å²) in [6, 6.07) is 0. The summed E-state index contributed by atoms with van der Waals surface area (Å²) in [6.45, 7) is 14.0. The van der Waals surface area contributed by atoms with Gasteiger partial charge >= 0.3 is 0 Å². The summed E-state index contributed by atoms with van der Waals surface area (Å²) >= 11 is 1.65. The minimum absolute atomic E-state index is 0.873. The highest BCUT2D eigenvalue weighted by atomic mass is 32.2. The van der Waals surface area contributed by atoms with Gasteiger partial charge in [0.25, 0.3) is 0 Å². The lowest BCUT2D eigenvalue weighted by atomic mass is 10.3. The van der Waals surface area contributed by atoms with Crippen molar-refractivity contribution in [2.75, 3.05) is 7.05 Å². The van der Waals surface area contributed by atoms with Crippen LogP contribution >= 0.6 is 11.8 Å². The van der Waals surface area contributed by atoms with Crippen LogP contribution in [0.5, 0.6) is 0 Å². The second-order valence-electron chi connectivity index (χ2n) is 2.88. The van der Waals surface area contributed by atoms with E-state index in [2.05, 4.69) is 37.6 Å². The number of rotatable bonds is 5. The minimum atomic E-state index is 0.873. The van der Waals surface area contributed by atoms with Gasteiger partial charge in [0.15, 0.2) is 0 Å². The largest absolute Gasteiger partial charge is 0.388 e. The average molecular weight is 209 g/mol. The topological polar surface area (TPSA) is 12.0 Å². The number of likely N-dealkylation sites (N-methyl/N-ethyl adjacent to an activating group) is 1. The van der Waals surface area contributed by atoms with Crippen molar-refractivity contribution in [2.45, 2.75) is 20.8 Å². The summed E-state index contributed by atoms with van der Waals surface area (Å²) < 4.78 is 0. The monoisotopic (exact) mass is 209 g/mol. The van der Waals surface area contributed by atoms with Crippen molar-refractivity contribution in [3.63, 3.8) is 0 Å². The Morgan fingerprint density at radius 2 is 1.79 bits per heavy atom. The Kier molecular flexibility index (Phi) is 6.13. The van der Waals surface area contributed by atoms with Gasteiger partial charge in [-0.15, -0.1) is 0 Å². The average Bonchev–Trinajstić information content (AvgIpc) is 2.22. The molecule has 0 aromatic heterocycles. The third kappa shape index (κ3) is 3.88. The summed E-state index contributed by atoms with van der Waals surface area (Å²) in [5.41, 5.74) is 2.14. The smallest absolute Gasteiger partial charge is 0.0400 e. The highest BCUT2D eigenvalue weighted by Crippen LogP contribution is 2.32. The Labute approximate surface area is 91.7 Å². The standard InChI is InChI=1S/C12H19NS/c1-7-9(3)12(8-2)14-11(5)10(4)13-6/h7-8,13H,4-5H2,1-3,6H3/b9-7-,12-8+. The summed E-state index contributed by atoms with van der Waals surface area (Å²) in [5.74, 6) is 0. The molecule has 0 aromatic carbocycles. The van der Waals surface area contributed by atoms with Crippen LogP contribution in [0.25, 0.3) is 0 Å². The SMILES string of the molecule is C=C(NC)C(=C)SC(=C/C)/C(C)=C\C. The van der Waals surface area contributed by atoms with E-state index in [-0.39, 0.29) is 0 Å². The molecule has 0 aliphatic rings. The van der Waals surface area contributed by atoms with Gasteiger partial charge < -0.3 is 5.32 Å². The first kappa shape index (κ1) is 13.1. The molecule has 0 radical (unpaired) electrons. The van der Waals surface area contributed by atoms with E-state index in [9.17, 15) is 0 Å². The lowest BCUT2D eigenvalue weighted by Crippen LogP contribution is -2.04. The van der Waals surface area contributed by atoms with Crippen LogP contribution < -0.4 is 5.32 Å². The Hall–Kier alpha value is -0.890. The molecule has 2 heteroatoms. The molecule has 0 spiro atoms. The maximum absolute atomic E-state index is 3.96. The van der Waals surface area contributed by atoms with E-state index < -0.39 is 0 Å². The van der Waals surface area contributed by atoms with Crippen LogP contribution in [0.1, 0.15) is 20.8 Å². The van der Waals surface area contributed by atoms with Gasteiger partial charge in [0.05, 0.1) is 0 Å². The Bertz CT molecular complexity index is 285. The molecule has 1 nitrogen and oxygen atoms in total. The summed E-state index contributed by atoms with van der Waals surface area (Å²) in [6.07, 6.45) is 4.19. The van der Waals surface area contributed by atoms with Crippen LogP contribution in [0.2, 0.25) is 0 Å². The highest BCUT2D eigenvalue weighted by molar-refractivity contribution is 8.07. The molecular weight excluding hydrogens is 190 g/mol. The number of nitrogens with one attached hydrogen (secondary N) is 1. The molecule has 0 heterocycles. The van der Waals surface area contributed by atoms with Crippen LogP contribution in [0.4, 0.5) is 0 Å². The van der Waals surface area contributed by atoms with E-state index in [1.54, 1.807) is 11.8 Å². The van der Waals surface area contributed by atoms with Gasteiger partial charge in [0.2, 0.25) is 0 Å². The molecule has 0 unspecified atom stereocenters. The Morgan fingerprint density at radius 1 is 1.21 bits per heavy atom. The molecule has 78 valence electrons. The fraction of sp³-hybridized carbons (Fsp3) is 0.333. The van der Waals surface area contributed by atoms with E-state index in [4.69, 9.17) is 0 Å².